The molecule has 0 saturated heterocycles. The van der Waals surface area contributed by atoms with Crippen LogP contribution >= 0.6 is 0 Å². The lowest BCUT2D eigenvalue weighted by Gasteiger charge is -2.19. The lowest BCUT2D eigenvalue weighted by Crippen LogP contribution is -2.36. The molecule has 2 amide bonds. The van der Waals surface area contributed by atoms with Crippen LogP contribution in [0.3, 0.4) is 0 Å². The number of methoxy groups -OCH3 is 1. The lowest BCUT2D eigenvalue weighted by molar-refractivity contribution is -0.137. The van der Waals surface area contributed by atoms with Crippen LogP contribution in [0.15, 0.2) is 53.3 Å². The van der Waals surface area contributed by atoms with Crippen LogP contribution in [-0.4, -0.2) is 33.9 Å². The van der Waals surface area contributed by atoms with E-state index in [1.807, 2.05) is 0 Å². The average Bonchev–Trinajstić information content (AvgIpc) is 2.79. The summed E-state index contributed by atoms with van der Waals surface area (Å²) in [5.41, 5.74) is 0.756. The molecule has 10 heteroatoms. The minimum Gasteiger partial charge on any atom is -0.505 e. The van der Waals surface area contributed by atoms with Crippen molar-refractivity contribution in [3.63, 3.8) is 0 Å². The molecule has 2 aromatic carbocycles. The van der Waals surface area contributed by atoms with E-state index in [1.165, 1.54) is 30.9 Å². The topological polar surface area (TPSA) is 130 Å². The summed E-state index contributed by atoms with van der Waals surface area (Å²) in [6, 6.07) is 10.1. The Morgan fingerprint density at radius 3 is 2.56 bits per heavy atom. The third-order valence-corrected chi connectivity index (χ3v) is 5.30. The summed E-state index contributed by atoms with van der Waals surface area (Å²) >= 11 is 0. The van der Waals surface area contributed by atoms with Gasteiger partial charge < -0.3 is 30.2 Å². The van der Waals surface area contributed by atoms with Crippen LogP contribution in [0.1, 0.15) is 23.7 Å². The van der Waals surface area contributed by atoms with Gasteiger partial charge in [-0.2, -0.15) is 0 Å². The van der Waals surface area contributed by atoms with Crippen molar-refractivity contribution in [1.82, 2.24) is 9.88 Å². The molecule has 1 aromatic heterocycles. The molecule has 0 radical (unpaired) electrons. The number of aliphatic carboxylic acids is 1. The zero-order valence-electron chi connectivity index (χ0n) is 18.8. The standard InChI is InChI=1S/C24H24FN3O6/c1-13-7-20(29)22(23(32)28(13)2)27-24(33)26-19(12-21(30)31)16-8-15(9-17(25)10-16)14-5-4-6-18(11-14)34-3/h4-11,19,29H,12H2,1-3H3,(H,30,31)(H2,26,27,33)/t19-/m0/s1. The van der Waals surface area contributed by atoms with Crippen LogP contribution in [0.4, 0.5) is 14.9 Å². The number of benzene rings is 2. The van der Waals surface area contributed by atoms with E-state index in [0.29, 0.717) is 22.6 Å². The highest BCUT2D eigenvalue weighted by atomic mass is 19.1. The molecule has 0 saturated carbocycles. The first-order chi connectivity index (χ1) is 16.1. The Hall–Kier alpha value is -4.34. The predicted octanol–water partition coefficient (Wildman–Crippen LogP) is 3.55. The van der Waals surface area contributed by atoms with Crippen LogP contribution in [0.2, 0.25) is 0 Å². The van der Waals surface area contributed by atoms with Crippen molar-refractivity contribution in [2.75, 3.05) is 12.4 Å². The predicted molar refractivity (Wildman–Crippen MR) is 124 cm³/mol. The van der Waals surface area contributed by atoms with Crippen molar-refractivity contribution >= 4 is 17.7 Å². The number of aromatic nitrogens is 1. The van der Waals surface area contributed by atoms with E-state index in [-0.39, 0.29) is 11.3 Å². The SMILES string of the molecule is COc1cccc(-c2cc(F)cc([C@H](CC(=O)O)NC(=O)Nc3c(O)cc(C)n(C)c3=O)c2)c1. The molecule has 0 bridgehead atoms. The van der Waals surface area contributed by atoms with Gasteiger partial charge in [0.05, 0.1) is 19.6 Å². The van der Waals surface area contributed by atoms with Gasteiger partial charge in [-0.05, 0) is 53.9 Å². The van der Waals surface area contributed by atoms with Crippen LogP contribution in [0, 0.1) is 12.7 Å². The second kappa shape index (κ2) is 10.1. The fraction of sp³-hybridized carbons (Fsp3) is 0.208. The number of nitrogens with zero attached hydrogens (tertiary/aromatic N) is 1. The first kappa shape index (κ1) is 24.3. The lowest BCUT2D eigenvalue weighted by atomic mass is 9.97. The fourth-order valence-electron chi connectivity index (χ4n) is 3.44. The molecule has 3 rings (SSSR count). The minimum atomic E-state index is -1.23. The van der Waals surface area contributed by atoms with E-state index >= 15 is 0 Å². The van der Waals surface area contributed by atoms with Gasteiger partial charge in [0.1, 0.15) is 17.3 Å². The molecule has 0 spiro atoms. The number of halogens is 1. The molecule has 178 valence electrons. The summed E-state index contributed by atoms with van der Waals surface area (Å²) in [6.45, 7) is 1.61. The third-order valence-electron chi connectivity index (χ3n) is 5.30. The zero-order chi connectivity index (χ0) is 25.0. The average molecular weight is 469 g/mol. The maximum Gasteiger partial charge on any atom is 0.319 e. The summed E-state index contributed by atoms with van der Waals surface area (Å²) in [5.74, 6) is -1.73. The second-order valence-electron chi connectivity index (χ2n) is 7.66. The van der Waals surface area contributed by atoms with Gasteiger partial charge in [0.25, 0.3) is 5.56 Å². The normalized spacial score (nSPS) is 11.5. The van der Waals surface area contributed by atoms with Crippen molar-refractivity contribution in [1.29, 1.82) is 0 Å². The molecular formula is C24H24FN3O6. The number of hydrogen-bond acceptors (Lipinski definition) is 5. The quantitative estimate of drug-likeness (QED) is 0.419. The largest absolute Gasteiger partial charge is 0.505 e. The molecule has 9 nitrogen and oxygen atoms in total. The molecule has 0 fully saturated rings. The number of ether oxygens (including phenoxy) is 1. The van der Waals surface area contributed by atoms with Gasteiger partial charge in [-0.15, -0.1) is 0 Å². The van der Waals surface area contributed by atoms with Crippen molar-refractivity contribution in [3.05, 3.63) is 76.0 Å². The highest BCUT2D eigenvalue weighted by Gasteiger charge is 2.22. The van der Waals surface area contributed by atoms with Gasteiger partial charge >= 0.3 is 12.0 Å². The highest BCUT2D eigenvalue weighted by molar-refractivity contribution is 5.91. The number of nitrogens with one attached hydrogen (secondary N) is 2. The van der Waals surface area contributed by atoms with E-state index in [2.05, 4.69) is 10.6 Å². The number of aryl methyl sites for hydroxylation is 1. The Morgan fingerprint density at radius 2 is 1.88 bits per heavy atom. The number of pyridine rings is 1. The van der Waals surface area contributed by atoms with E-state index in [0.717, 1.165) is 6.07 Å². The number of urea groups is 1. The second-order valence-corrected chi connectivity index (χ2v) is 7.66. The molecule has 4 N–H and O–H groups in total. The van der Waals surface area contributed by atoms with E-state index in [9.17, 15) is 29.0 Å². The summed E-state index contributed by atoms with van der Waals surface area (Å²) < 4.78 is 20.9. The van der Waals surface area contributed by atoms with Crippen LogP contribution in [-0.2, 0) is 11.8 Å². The zero-order valence-corrected chi connectivity index (χ0v) is 18.8. The Morgan fingerprint density at radius 1 is 1.15 bits per heavy atom. The number of carboxylic acid groups (broad SMARTS) is 1. The summed E-state index contributed by atoms with van der Waals surface area (Å²) in [5, 5.41) is 24.1. The molecule has 0 aliphatic carbocycles. The van der Waals surface area contributed by atoms with Crippen LogP contribution in [0.5, 0.6) is 11.5 Å². The molecule has 0 aliphatic rings. The fourth-order valence-corrected chi connectivity index (χ4v) is 3.44. The number of anilines is 1. The van der Waals surface area contributed by atoms with Crippen molar-refractivity contribution < 1.29 is 28.9 Å². The molecule has 34 heavy (non-hydrogen) atoms. The Balaban J connectivity index is 1.93. The maximum atomic E-state index is 14.5. The molecule has 0 unspecified atom stereocenters. The van der Waals surface area contributed by atoms with Crippen molar-refractivity contribution in [2.24, 2.45) is 7.05 Å². The van der Waals surface area contributed by atoms with E-state index in [1.54, 1.807) is 37.3 Å². The van der Waals surface area contributed by atoms with E-state index in [4.69, 9.17) is 4.74 Å². The number of carbonyl (C=O) groups excluding carboxylic acids is 1. The summed E-state index contributed by atoms with van der Waals surface area (Å²) in [4.78, 5) is 36.5. The Bertz CT molecular complexity index is 1300. The van der Waals surface area contributed by atoms with Gasteiger partial charge in [0.15, 0.2) is 5.69 Å². The number of hydrogen-bond donors (Lipinski definition) is 4. The van der Waals surface area contributed by atoms with Gasteiger partial charge in [-0.25, -0.2) is 9.18 Å². The van der Waals surface area contributed by atoms with Crippen LogP contribution < -0.4 is 20.9 Å². The van der Waals surface area contributed by atoms with E-state index < -0.39 is 41.6 Å². The minimum absolute atomic E-state index is 0.205. The smallest absolute Gasteiger partial charge is 0.319 e. The third kappa shape index (κ3) is 5.52. The Labute approximate surface area is 194 Å². The summed E-state index contributed by atoms with van der Waals surface area (Å²) in [6.07, 6.45) is -0.549. The molecule has 0 aliphatic heterocycles. The highest BCUT2D eigenvalue weighted by Crippen LogP contribution is 2.29. The number of rotatable bonds is 7. The number of carboxylic acids is 1. The molecule has 1 atom stereocenters. The number of aromatic hydroxyl groups is 1. The molecule has 1 heterocycles. The van der Waals surface area contributed by atoms with Crippen molar-refractivity contribution in [3.8, 4) is 22.6 Å². The number of carbonyl (C=O) groups is 2. The first-order valence-electron chi connectivity index (χ1n) is 10.2. The maximum absolute atomic E-state index is 14.5. The summed E-state index contributed by atoms with van der Waals surface area (Å²) in [7, 11) is 2.97. The van der Waals surface area contributed by atoms with Crippen molar-refractivity contribution in [2.45, 2.75) is 19.4 Å². The number of amides is 2. The van der Waals surface area contributed by atoms with Gasteiger partial charge in [0.2, 0.25) is 0 Å². The van der Waals surface area contributed by atoms with Crippen LogP contribution in [0.25, 0.3) is 11.1 Å². The first-order valence-corrected chi connectivity index (χ1v) is 10.2. The van der Waals surface area contributed by atoms with Gasteiger partial charge in [0, 0.05) is 18.8 Å². The monoisotopic (exact) mass is 469 g/mol. The molecule has 3 aromatic rings. The molecular weight excluding hydrogens is 445 g/mol. The Kier molecular flexibility index (Phi) is 7.20. The van der Waals surface area contributed by atoms with Gasteiger partial charge in [-0.1, -0.05) is 12.1 Å². The van der Waals surface area contributed by atoms with Gasteiger partial charge in [-0.3, -0.25) is 9.59 Å².